The lowest BCUT2D eigenvalue weighted by Gasteiger charge is -2.30. The van der Waals surface area contributed by atoms with Gasteiger partial charge in [-0.25, -0.2) is 0 Å². The van der Waals surface area contributed by atoms with Crippen LogP contribution in [0.4, 0.5) is 5.69 Å². The van der Waals surface area contributed by atoms with Crippen LogP contribution in [0, 0.1) is 17.0 Å². The van der Waals surface area contributed by atoms with E-state index in [9.17, 15) is 19.7 Å². The number of ether oxygens (including phenoxy) is 2. The van der Waals surface area contributed by atoms with Crippen LogP contribution in [0.1, 0.15) is 24.5 Å². The Labute approximate surface area is 181 Å². The van der Waals surface area contributed by atoms with E-state index in [0.717, 1.165) is 11.1 Å². The lowest BCUT2D eigenvalue weighted by molar-refractivity contribution is -0.385. The van der Waals surface area contributed by atoms with Crippen molar-refractivity contribution in [1.82, 2.24) is 10.2 Å². The number of nitro benzene ring substituents is 1. The molecule has 2 aromatic rings. The van der Waals surface area contributed by atoms with Crippen molar-refractivity contribution in [3.63, 3.8) is 0 Å². The van der Waals surface area contributed by atoms with Crippen molar-refractivity contribution in [3.8, 4) is 11.5 Å². The third-order valence-electron chi connectivity index (χ3n) is 4.82. The zero-order chi connectivity index (χ0) is 23.0. The number of rotatable bonds is 10. The number of nitrogens with one attached hydrogen (secondary N) is 1. The molecule has 2 rings (SSSR count). The van der Waals surface area contributed by atoms with Crippen molar-refractivity contribution in [2.75, 3.05) is 20.8 Å². The molecule has 0 unspecified atom stereocenters. The van der Waals surface area contributed by atoms with Gasteiger partial charge in [-0.05, 0) is 25.0 Å². The standard InChI is InChI=1S/C22H27N3O6/c1-5-18(22(27)23-3)24(13-16-8-6-15(2)7-9-16)21(26)14-31-17-10-11-19(25(28)29)20(12-17)30-4/h6-12,18H,5,13-14H2,1-4H3,(H,23,27)/t18-/m0/s1. The van der Waals surface area contributed by atoms with Crippen LogP contribution in [0.5, 0.6) is 11.5 Å². The minimum absolute atomic E-state index is 0.0308. The summed E-state index contributed by atoms with van der Waals surface area (Å²) in [6, 6.07) is 11.1. The number of methoxy groups -OCH3 is 1. The number of carbonyl (C=O) groups excluding carboxylic acids is 2. The van der Waals surface area contributed by atoms with Gasteiger partial charge < -0.3 is 19.7 Å². The monoisotopic (exact) mass is 429 g/mol. The molecule has 9 nitrogen and oxygen atoms in total. The summed E-state index contributed by atoms with van der Waals surface area (Å²) < 4.78 is 10.6. The number of aryl methyl sites for hydroxylation is 1. The maximum atomic E-state index is 13.0. The normalized spacial score (nSPS) is 11.4. The fraction of sp³-hybridized carbons (Fsp3) is 0.364. The number of likely N-dealkylation sites (N-methyl/N-ethyl adjacent to an activating group) is 1. The summed E-state index contributed by atoms with van der Waals surface area (Å²) in [4.78, 5) is 37.3. The summed E-state index contributed by atoms with van der Waals surface area (Å²) in [6.45, 7) is 3.72. The van der Waals surface area contributed by atoms with Gasteiger partial charge in [0.1, 0.15) is 11.8 Å². The van der Waals surface area contributed by atoms with E-state index in [-0.39, 0.29) is 42.2 Å². The molecule has 2 aromatic carbocycles. The van der Waals surface area contributed by atoms with Gasteiger partial charge in [0, 0.05) is 25.7 Å². The van der Waals surface area contributed by atoms with Crippen molar-refractivity contribution in [1.29, 1.82) is 0 Å². The van der Waals surface area contributed by atoms with Gasteiger partial charge in [0.15, 0.2) is 6.61 Å². The van der Waals surface area contributed by atoms with Crippen molar-refractivity contribution in [2.24, 2.45) is 0 Å². The van der Waals surface area contributed by atoms with Gasteiger partial charge in [0.05, 0.1) is 12.0 Å². The lowest BCUT2D eigenvalue weighted by Crippen LogP contribution is -2.49. The summed E-state index contributed by atoms with van der Waals surface area (Å²) in [5, 5.41) is 13.6. The SMILES string of the molecule is CC[C@@H](C(=O)NC)N(Cc1ccc(C)cc1)C(=O)COc1ccc([N+](=O)[O-])c(OC)c1. The Hall–Kier alpha value is -3.62. The second-order valence-corrected chi connectivity index (χ2v) is 6.92. The predicted octanol–water partition coefficient (Wildman–Crippen LogP) is 2.84. The molecule has 0 saturated heterocycles. The van der Waals surface area contributed by atoms with E-state index in [2.05, 4.69) is 5.32 Å². The molecular formula is C22H27N3O6. The molecule has 0 aliphatic heterocycles. The molecule has 31 heavy (non-hydrogen) atoms. The van der Waals surface area contributed by atoms with Gasteiger partial charge in [-0.2, -0.15) is 0 Å². The second-order valence-electron chi connectivity index (χ2n) is 6.92. The molecule has 0 aliphatic carbocycles. The Balaban J connectivity index is 2.21. The Bertz CT molecular complexity index is 929. The quantitative estimate of drug-likeness (QED) is 0.459. The van der Waals surface area contributed by atoms with E-state index in [4.69, 9.17) is 9.47 Å². The zero-order valence-electron chi connectivity index (χ0n) is 18.1. The largest absolute Gasteiger partial charge is 0.490 e. The van der Waals surface area contributed by atoms with Crippen LogP contribution in [0.25, 0.3) is 0 Å². The van der Waals surface area contributed by atoms with E-state index < -0.39 is 11.0 Å². The summed E-state index contributed by atoms with van der Waals surface area (Å²) in [6.07, 6.45) is 0.433. The zero-order valence-corrected chi connectivity index (χ0v) is 18.1. The van der Waals surface area contributed by atoms with Crippen LogP contribution in [-0.2, 0) is 16.1 Å². The molecule has 1 N–H and O–H groups in total. The molecule has 0 bridgehead atoms. The Morgan fingerprint density at radius 1 is 1.19 bits per heavy atom. The molecule has 0 radical (unpaired) electrons. The van der Waals surface area contributed by atoms with Gasteiger partial charge in [-0.1, -0.05) is 36.8 Å². The van der Waals surface area contributed by atoms with Crippen LogP contribution in [-0.4, -0.2) is 48.4 Å². The highest BCUT2D eigenvalue weighted by atomic mass is 16.6. The first-order valence-electron chi connectivity index (χ1n) is 9.82. The van der Waals surface area contributed by atoms with Gasteiger partial charge in [0.2, 0.25) is 11.7 Å². The molecule has 2 amide bonds. The molecule has 0 heterocycles. The van der Waals surface area contributed by atoms with Crippen molar-refractivity contribution in [3.05, 3.63) is 63.7 Å². The average molecular weight is 429 g/mol. The predicted molar refractivity (Wildman–Crippen MR) is 115 cm³/mol. The fourth-order valence-electron chi connectivity index (χ4n) is 3.10. The Kier molecular flexibility index (Phi) is 8.36. The van der Waals surface area contributed by atoms with Crippen LogP contribution in [0.2, 0.25) is 0 Å². The average Bonchev–Trinajstić information content (AvgIpc) is 2.77. The number of carbonyl (C=O) groups is 2. The van der Waals surface area contributed by atoms with E-state index >= 15 is 0 Å². The maximum absolute atomic E-state index is 13.0. The summed E-state index contributed by atoms with van der Waals surface area (Å²) in [5.74, 6) is -0.365. The van der Waals surface area contributed by atoms with Crippen molar-refractivity contribution < 1.29 is 24.0 Å². The first-order valence-corrected chi connectivity index (χ1v) is 9.82. The van der Waals surface area contributed by atoms with Crippen LogP contribution in [0.15, 0.2) is 42.5 Å². The Morgan fingerprint density at radius 3 is 2.42 bits per heavy atom. The van der Waals surface area contributed by atoms with Crippen molar-refractivity contribution in [2.45, 2.75) is 32.9 Å². The highest BCUT2D eigenvalue weighted by molar-refractivity contribution is 5.88. The third kappa shape index (κ3) is 6.18. The van der Waals surface area contributed by atoms with Crippen LogP contribution < -0.4 is 14.8 Å². The molecule has 166 valence electrons. The minimum Gasteiger partial charge on any atom is -0.490 e. The summed E-state index contributed by atoms with van der Waals surface area (Å²) >= 11 is 0. The number of amides is 2. The molecular weight excluding hydrogens is 402 g/mol. The molecule has 9 heteroatoms. The maximum Gasteiger partial charge on any atom is 0.311 e. The van der Waals surface area contributed by atoms with Gasteiger partial charge in [-0.3, -0.25) is 19.7 Å². The molecule has 0 aromatic heterocycles. The second kappa shape index (κ2) is 11.0. The first kappa shape index (κ1) is 23.7. The van der Waals surface area contributed by atoms with E-state index in [1.54, 1.807) is 0 Å². The van der Waals surface area contributed by atoms with Crippen LogP contribution >= 0.6 is 0 Å². The number of hydrogen-bond donors (Lipinski definition) is 1. The first-order chi connectivity index (χ1) is 14.8. The molecule has 0 fully saturated rings. The van der Waals surface area contributed by atoms with E-state index in [0.29, 0.717) is 6.42 Å². The number of hydrogen-bond acceptors (Lipinski definition) is 6. The van der Waals surface area contributed by atoms with Crippen molar-refractivity contribution >= 4 is 17.5 Å². The summed E-state index contributed by atoms with van der Waals surface area (Å²) in [5.41, 5.74) is 1.78. The smallest absolute Gasteiger partial charge is 0.311 e. The molecule has 0 saturated carbocycles. The van der Waals surface area contributed by atoms with Crippen LogP contribution in [0.3, 0.4) is 0 Å². The van der Waals surface area contributed by atoms with Gasteiger partial charge in [0.25, 0.3) is 5.91 Å². The number of nitrogens with zero attached hydrogens (tertiary/aromatic N) is 2. The number of benzene rings is 2. The Morgan fingerprint density at radius 2 is 1.87 bits per heavy atom. The van der Waals surface area contributed by atoms with Gasteiger partial charge >= 0.3 is 5.69 Å². The lowest BCUT2D eigenvalue weighted by atomic mass is 10.1. The number of nitro groups is 1. The third-order valence-corrected chi connectivity index (χ3v) is 4.82. The minimum atomic E-state index is -0.659. The van der Waals surface area contributed by atoms with E-state index in [1.165, 1.54) is 37.3 Å². The highest BCUT2D eigenvalue weighted by Gasteiger charge is 2.28. The molecule has 0 spiro atoms. The van der Waals surface area contributed by atoms with Gasteiger partial charge in [-0.15, -0.1) is 0 Å². The molecule has 1 atom stereocenters. The highest BCUT2D eigenvalue weighted by Crippen LogP contribution is 2.30. The summed E-state index contributed by atoms with van der Waals surface area (Å²) in [7, 11) is 2.84. The fourth-order valence-corrected chi connectivity index (χ4v) is 3.10. The topological polar surface area (TPSA) is 111 Å². The molecule has 0 aliphatic rings. The van der Waals surface area contributed by atoms with E-state index in [1.807, 2.05) is 38.1 Å².